The molecule has 0 aliphatic rings. The van der Waals surface area contributed by atoms with Crippen molar-refractivity contribution in [2.24, 2.45) is 5.41 Å². The molecule has 1 unspecified atom stereocenters. The minimum Gasteiger partial charge on any atom is -0.346 e. The summed E-state index contributed by atoms with van der Waals surface area (Å²) in [6, 6.07) is 14.3. The molecule has 5 heteroatoms. The Kier molecular flexibility index (Phi) is 6.01. The second kappa shape index (κ2) is 8.45. The van der Waals surface area contributed by atoms with E-state index in [1.807, 2.05) is 48.0 Å². The number of hydrogen-bond donors (Lipinski definition) is 1. The van der Waals surface area contributed by atoms with Gasteiger partial charge in [-0.3, -0.25) is 4.79 Å². The number of amides is 1. The number of fused-ring (bicyclic) bond motifs is 1. The Morgan fingerprint density at radius 3 is 2.75 bits per heavy atom. The molecule has 0 saturated heterocycles. The molecule has 3 rings (SSSR count). The molecule has 0 spiro atoms. The largest absolute Gasteiger partial charge is 0.346 e. The molecule has 144 valence electrons. The maximum absolute atomic E-state index is 12.6. The van der Waals surface area contributed by atoms with Gasteiger partial charge in [-0.25, -0.2) is 0 Å². The summed E-state index contributed by atoms with van der Waals surface area (Å²) in [6.07, 6.45) is 5.92. The zero-order valence-corrected chi connectivity index (χ0v) is 17.3. The Hall–Kier alpha value is -2.84. The first kappa shape index (κ1) is 19.9. The highest BCUT2D eigenvalue weighted by Crippen LogP contribution is 2.35. The number of rotatable bonds is 6. The SMILES string of the molecule is CC(C)(C)C(NC(=O)/C=C/c1cn(CCC#N)c2ccccc12)c1cccs1. The van der Waals surface area contributed by atoms with Crippen LogP contribution in [0.15, 0.2) is 54.1 Å². The quantitative estimate of drug-likeness (QED) is 0.561. The van der Waals surface area contributed by atoms with Gasteiger partial charge in [0.15, 0.2) is 0 Å². The lowest BCUT2D eigenvalue weighted by Crippen LogP contribution is -2.35. The Bertz CT molecular complexity index is 1020. The van der Waals surface area contributed by atoms with Crippen molar-refractivity contribution in [3.8, 4) is 6.07 Å². The zero-order valence-electron chi connectivity index (χ0n) is 16.5. The Balaban J connectivity index is 1.81. The van der Waals surface area contributed by atoms with Crippen LogP contribution in [0.3, 0.4) is 0 Å². The lowest BCUT2D eigenvalue weighted by Gasteiger charge is -2.30. The maximum atomic E-state index is 12.6. The highest BCUT2D eigenvalue weighted by Gasteiger charge is 2.28. The molecule has 1 amide bonds. The number of nitriles is 1. The average molecular weight is 392 g/mol. The van der Waals surface area contributed by atoms with Crippen molar-refractivity contribution in [2.75, 3.05) is 0 Å². The van der Waals surface area contributed by atoms with E-state index in [0.29, 0.717) is 13.0 Å². The number of aryl methyl sites for hydroxylation is 1. The molecule has 1 N–H and O–H groups in total. The third kappa shape index (κ3) is 4.52. The van der Waals surface area contributed by atoms with Crippen LogP contribution in [0, 0.1) is 16.7 Å². The monoisotopic (exact) mass is 391 g/mol. The number of hydrogen-bond acceptors (Lipinski definition) is 3. The number of thiophene rings is 1. The van der Waals surface area contributed by atoms with E-state index < -0.39 is 0 Å². The second-order valence-electron chi connectivity index (χ2n) is 7.86. The fourth-order valence-electron chi connectivity index (χ4n) is 3.29. The van der Waals surface area contributed by atoms with E-state index in [-0.39, 0.29) is 17.4 Å². The standard InChI is InChI=1S/C23H25N3OS/c1-23(2,3)22(20-10-6-15-28-20)25-21(27)12-11-17-16-26(14-7-13-24)19-9-5-4-8-18(17)19/h4-6,8-12,15-16,22H,7,14H2,1-3H3,(H,25,27)/b12-11+. The van der Waals surface area contributed by atoms with Crippen molar-refractivity contribution in [3.63, 3.8) is 0 Å². The van der Waals surface area contributed by atoms with Gasteiger partial charge in [-0.15, -0.1) is 11.3 Å². The molecular formula is C23H25N3OS. The smallest absolute Gasteiger partial charge is 0.244 e. The molecular weight excluding hydrogens is 366 g/mol. The van der Waals surface area contributed by atoms with E-state index in [0.717, 1.165) is 21.3 Å². The summed E-state index contributed by atoms with van der Waals surface area (Å²) in [4.78, 5) is 13.8. The van der Waals surface area contributed by atoms with Crippen LogP contribution in [-0.4, -0.2) is 10.5 Å². The van der Waals surface area contributed by atoms with Crippen LogP contribution in [0.4, 0.5) is 0 Å². The summed E-state index contributed by atoms with van der Waals surface area (Å²) < 4.78 is 2.07. The number of aromatic nitrogens is 1. The summed E-state index contributed by atoms with van der Waals surface area (Å²) in [5, 5.41) is 15.1. The average Bonchev–Trinajstić information content (AvgIpc) is 3.30. The van der Waals surface area contributed by atoms with Crippen LogP contribution >= 0.6 is 11.3 Å². The third-order valence-corrected chi connectivity index (χ3v) is 5.62. The molecule has 4 nitrogen and oxygen atoms in total. The number of nitrogens with one attached hydrogen (secondary N) is 1. The Morgan fingerprint density at radius 2 is 2.07 bits per heavy atom. The molecule has 1 atom stereocenters. The number of carbonyl (C=O) groups excluding carboxylic acids is 1. The van der Waals surface area contributed by atoms with Gasteiger partial charge in [0, 0.05) is 40.2 Å². The number of benzene rings is 1. The van der Waals surface area contributed by atoms with Crippen molar-refractivity contribution in [1.29, 1.82) is 5.26 Å². The molecule has 2 heterocycles. The van der Waals surface area contributed by atoms with Crippen LogP contribution in [0.1, 0.15) is 43.7 Å². The van der Waals surface area contributed by atoms with Crippen LogP contribution in [0.5, 0.6) is 0 Å². The first-order valence-electron chi connectivity index (χ1n) is 9.37. The fraction of sp³-hybridized carbons (Fsp3) is 0.304. The van der Waals surface area contributed by atoms with E-state index in [1.54, 1.807) is 17.4 Å². The van der Waals surface area contributed by atoms with E-state index >= 15 is 0 Å². The molecule has 0 aliphatic heterocycles. The van der Waals surface area contributed by atoms with Crippen LogP contribution in [0.2, 0.25) is 0 Å². The van der Waals surface area contributed by atoms with Crippen LogP contribution < -0.4 is 5.32 Å². The summed E-state index contributed by atoms with van der Waals surface area (Å²) in [5.41, 5.74) is 1.97. The Morgan fingerprint density at radius 1 is 1.29 bits per heavy atom. The molecule has 0 saturated carbocycles. The number of carbonyl (C=O) groups is 1. The van der Waals surface area contributed by atoms with Gasteiger partial charge in [-0.05, 0) is 29.0 Å². The predicted octanol–water partition coefficient (Wildman–Crippen LogP) is 5.53. The first-order valence-corrected chi connectivity index (χ1v) is 10.2. The number of para-hydroxylation sites is 1. The van der Waals surface area contributed by atoms with Gasteiger partial charge in [0.1, 0.15) is 0 Å². The predicted molar refractivity (Wildman–Crippen MR) is 116 cm³/mol. The summed E-state index contributed by atoms with van der Waals surface area (Å²) in [5.74, 6) is -0.109. The van der Waals surface area contributed by atoms with Crippen LogP contribution in [0.25, 0.3) is 17.0 Å². The molecule has 0 fully saturated rings. The van der Waals surface area contributed by atoms with Gasteiger partial charge in [0.2, 0.25) is 5.91 Å². The second-order valence-corrected chi connectivity index (χ2v) is 8.84. The minimum atomic E-state index is -0.109. The number of nitrogens with zero attached hydrogens (tertiary/aromatic N) is 2. The van der Waals surface area contributed by atoms with Crippen molar-refractivity contribution in [2.45, 2.75) is 39.8 Å². The van der Waals surface area contributed by atoms with Crippen LogP contribution in [-0.2, 0) is 11.3 Å². The molecule has 0 bridgehead atoms. The molecule has 3 aromatic rings. The van der Waals surface area contributed by atoms with Crippen molar-refractivity contribution >= 4 is 34.2 Å². The zero-order chi connectivity index (χ0) is 20.1. The van der Waals surface area contributed by atoms with Gasteiger partial charge in [-0.2, -0.15) is 5.26 Å². The lowest BCUT2D eigenvalue weighted by molar-refractivity contribution is -0.117. The van der Waals surface area contributed by atoms with E-state index in [9.17, 15) is 4.79 Å². The first-order chi connectivity index (χ1) is 13.4. The van der Waals surface area contributed by atoms with Gasteiger partial charge in [0.25, 0.3) is 0 Å². The molecule has 0 aliphatic carbocycles. The van der Waals surface area contributed by atoms with Gasteiger partial charge in [-0.1, -0.05) is 45.0 Å². The third-order valence-electron chi connectivity index (χ3n) is 4.68. The highest BCUT2D eigenvalue weighted by molar-refractivity contribution is 7.10. The van der Waals surface area contributed by atoms with Gasteiger partial charge < -0.3 is 9.88 Å². The van der Waals surface area contributed by atoms with Gasteiger partial charge in [0.05, 0.1) is 18.5 Å². The molecule has 2 aromatic heterocycles. The topological polar surface area (TPSA) is 57.8 Å². The Labute approximate surface area is 170 Å². The summed E-state index contributed by atoms with van der Waals surface area (Å²) in [6.45, 7) is 7.03. The minimum absolute atomic E-state index is 0.0402. The summed E-state index contributed by atoms with van der Waals surface area (Å²) in [7, 11) is 0. The molecule has 28 heavy (non-hydrogen) atoms. The van der Waals surface area contributed by atoms with Crippen molar-refractivity contribution < 1.29 is 4.79 Å². The van der Waals surface area contributed by atoms with Gasteiger partial charge >= 0.3 is 0 Å². The summed E-state index contributed by atoms with van der Waals surface area (Å²) >= 11 is 1.66. The normalized spacial score (nSPS) is 12.9. The molecule has 0 radical (unpaired) electrons. The highest BCUT2D eigenvalue weighted by atomic mass is 32.1. The van der Waals surface area contributed by atoms with E-state index in [2.05, 4.69) is 42.8 Å². The van der Waals surface area contributed by atoms with Crippen molar-refractivity contribution in [3.05, 3.63) is 64.5 Å². The fourth-order valence-corrected chi connectivity index (χ4v) is 4.31. The maximum Gasteiger partial charge on any atom is 0.244 e. The van der Waals surface area contributed by atoms with E-state index in [1.165, 1.54) is 0 Å². The van der Waals surface area contributed by atoms with E-state index in [4.69, 9.17) is 5.26 Å². The molecule has 1 aromatic carbocycles. The lowest BCUT2D eigenvalue weighted by atomic mass is 9.85. The van der Waals surface area contributed by atoms with Crippen molar-refractivity contribution in [1.82, 2.24) is 9.88 Å².